The number of nitrogens with zero attached hydrogens (tertiary/aromatic N) is 2. The Morgan fingerprint density at radius 3 is 1.97 bits per heavy atom. The number of esters is 1. The molecular formula is C30H39N3O6. The van der Waals surface area contributed by atoms with Crippen molar-refractivity contribution in [3.05, 3.63) is 22.7 Å². The summed E-state index contributed by atoms with van der Waals surface area (Å²) in [5.74, 6) is 4.23. The molecule has 9 nitrogen and oxygen atoms in total. The molecule has 8 saturated carbocycles. The van der Waals surface area contributed by atoms with Crippen LogP contribution in [0.3, 0.4) is 0 Å². The number of rotatable bonds is 6. The minimum absolute atomic E-state index is 0.0209. The zero-order chi connectivity index (χ0) is 26.4. The van der Waals surface area contributed by atoms with Gasteiger partial charge in [0.25, 0.3) is 0 Å². The predicted octanol–water partition coefficient (Wildman–Crippen LogP) is 4.03. The Morgan fingerprint density at radius 2 is 1.44 bits per heavy atom. The lowest BCUT2D eigenvalue weighted by atomic mass is 9.49. The molecule has 1 N–H and O–H groups in total. The number of amides is 1. The van der Waals surface area contributed by atoms with Gasteiger partial charge >= 0.3 is 11.7 Å². The predicted molar refractivity (Wildman–Crippen MR) is 139 cm³/mol. The third-order valence-electron chi connectivity index (χ3n) is 11.5. The number of hydrogen-bond donors (Lipinski definition) is 1. The second-order valence-electron chi connectivity index (χ2n) is 14.3. The van der Waals surface area contributed by atoms with Crippen molar-refractivity contribution in [3.63, 3.8) is 0 Å². The van der Waals surface area contributed by atoms with Gasteiger partial charge in [-0.2, -0.15) is 4.98 Å². The lowest BCUT2D eigenvalue weighted by Crippen LogP contribution is -2.52. The molecule has 0 aromatic carbocycles. The number of carbonyl (C=O) groups is 2. The first-order valence-electron chi connectivity index (χ1n) is 15.2. The Hall–Kier alpha value is -2.26. The molecule has 0 radical (unpaired) electrons. The number of nitrogens with one attached hydrogen (secondary N) is 1. The zero-order valence-electron chi connectivity index (χ0n) is 22.5. The molecule has 1 amide bonds. The molecule has 0 spiro atoms. The average Bonchev–Trinajstić information content (AvgIpc) is 3.34. The van der Waals surface area contributed by atoms with Gasteiger partial charge in [0.1, 0.15) is 12.4 Å². The largest absolute Gasteiger partial charge is 0.460 e. The lowest BCUT2D eigenvalue weighted by Gasteiger charge is -2.55. The molecule has 8 bridgehead atoms. The Balaban J connectivity index is 0.875. The van der Waals surface area contributed by atoms with Crippen LogP contribution < -0.4 is 11.0 Å². The van der Waals surface area contributed by atoms with E-state index in [0.717, 1.165) is 38.5 Å². The summed E-state index contributed by atoms with van der Waals surface area (Å²) in [6.45, 7) is 0.193. The monoisotopic (exact) mass is 537 g/mol. The van der Waals surface area contributed by atoms with Gasteiger partial charge in [-0.05, 0) is 119 Å². The maximum absolute atomic E-state index is 13.3. The standard InChI is InChI=1S/C30H39N3O6/c34-26(29-9-17-3-18(10-29)5-19(4-17)11-29)31-23-1-2-33(28(36)32-23)24-15-37-25(39-24)16-38-27(35)30-12-20-6-21(13-30)8-22(7-20)14-30/h1-2,17-22,24-25H,3-16H2,(H,31,32,34,36). The van der Waals surface area contributed by atoms with Crippen molar-refractivity contribution in [2.24, 2.45) is 46.3 Å². The van der Waals surface area contributed by atoms with E-state index in [9.17, 15) is 14.4 Å². The van der Waals surface area contributed by atoms with Gasteiger partial charge in [-0.15, -0.1) is 0 Å². The van der Waals surface area contributed by atoms with Crippen LogP contribution in [0, 0.1) is 46.3 Å². The molecule has 10 rings (SSSR count). The van der Waals surface area contributed by atoms with Crippen LogP contribution in [0.1, 0.15) is 83.3 Å². The fourth-order valence-corrected chi connectivity index (χ4v) is 10.7. The molecule has 9 heteroatoms. The quantitative estimate of drug-likeness (QED) is 0.546. The number of aromatic nitrogens is 2. The fraction of sp³-hybridized carbons (Fsp3) is 0.800. The van der Waals surface area contributed by atoms with Gasteiger partial charge in [0, 0.05) is 6.20 Å². The first-order valence-corrected chi connectivity index (χ1v) is 15.2. The molecule has 2 heterocycles. The van der Waals surface area contributed by atoms with Crippen LogP contribution >= 0.6 is 0 Å². The fourth-order valence-electron chi connectivity index (χ4n) is 10.7. The summed E-state index contributed by atoms with van der Waals surface area (Å²) < 4.78 is 18.8. The molecule has 1 saturated heterocycles. The molecule has 2 unspecified atom stereocenters. The maximum Gasteiger partial charge on any atom is 0.351 e. The van der Waals surface area contributed by atoms with Crippen LogP contribution in [-0.4, -0.2) is 40.9 Å². The minimum Gasteiger partial charge on any atom is -0.460 e. The molecule has 9 aliphatic rings. The summed E-state index contributed by atoms with van der Waals surface area (Å²) in [7, 11) is 0. The molecule has 2 atom stereocenters. The van der Waals surface area contributed by atoms with Crippen LogP contribution in [0.5, 0.6) is 0 Å². The van der Waals surface area contributed by atoms with Gasteiger partial charge in [-0.25, -0.2) is 4.79 Å². The van der Waals surface area contributed by atoms with E-state index in [1.807, 2.05) is 0 Å². The van der Waals surface area contributed by atoms with Crippen LogP contribution in [0.2, 0.25) is 0 Å². The molecule has 9 fully saturated rings. The number of anilines is 1. The molecule has 8 aliphatic carbocycles. The third-order valence-corrected chi connectivity index (χ3v) is 11.5. The molecule has 39 heavy (non-hydrogen) atoms. The van der Waals surface area contributed by atoms with Crippen LogP contribution in [0.25, 0.3) is 0 Å². The Kier molecular flexibility index (Phi) is 5.58. The van der Waals surface area contributed by atoms with E-state index in [1.54, 1.807) is 12.3 Å². The summed E-state index contributed by atoms with van der Waals surface area (Å²) in [4.78, 5) is 43.5. The van der Waals surface area contributed by atoms with Crippen molar-refractivity contribution in [1.29, 1.82) is 0 Å². The topological polar surface area (TPSA) is 109 Å². The first kappa shape index (κ1) is 24.5. The van der Waals surface area contributed by atoms with E-state index in [2.05, 4.69) is 10.3 Å². The average molecular weight is 538 g/mol. The minimum atomic E-state index is -0.713. The Labute approximate surface area is 228 Å². The van der Waals surface area contributed by atoms with E-state index in [4.69, 9.17) is 14.2 Å². The van der Waals surface area contributed by atoms with E-state index in [-0.39, 0.29) is 41.7 Å². The van der Waals surface area contributed by atoms with Gasteiger partial charge in [0.2, 0.25) is 5.91 Å². The summed E-state index contributed by atoms with van der Waals surface area (Å²) in [5, 5.41) is 2.96. The summed E-state index contributed by atoms with van der Waals surface area (Å²) in [5.41, 5.74) is -1.11. The van der Waals surface area contributed by atoms with Gasteiger partial charge in [-0.1, -0.05) is 0 Å². The normalized spacial score (nSPS) is 45.0. The molecule has 1 aliphatic heterocycles. The van der Waals surface area contributed by atoms with Crippen LogP contribution in [0.4, 0.5) is 5.82 Å². The van der Waals surface area contributed by atoms with E-state index in [0.29, 0.717) is 35.5 Å². The van der Waals surface area contributed by atoms with E-state index < -0.39 is 18.2 Å². The highest BCUT2D eigenvalue weighted by atomic mass is 16.7. The maximum atomic E-state index is 13.3. The van der Waals surface area contributed by atoms with Crippen molar-refractivity contribution in [3.8, 4) is 0 Å². The zero-order valence-corrected chi connectivity index (χ0v) is 22.5. The van der Waals surface area contributed by atoms with E-state index >= 15 is 0 Å². The highest BCUT2D eigenvalue weighted by Crippen LogP contribution is 2.61. The van der Waals surface area contributed by atoms with Gasteiger partial charge in [0.15, 0.2) is 12.5 Å². The molecule has 1 aromatic rings. The number of ether oxygens (including phenoxy) is 3. The Bertz CT molecular complexity index is 1170. The smallest absolute Gasteiger partial charge is 0.351 e. The van der Waals surface area contributed by atoms with E-state index in [1.165, 1.54) is 43.1 Å². The Morgan fingerprint density at radius 1 is 0.897 bits per heavy atom. The molecule has 1 aromatic heterocycles. The van der Waals surface area contributed by atoms with Gasteiger partial charge < -0.3 is 19.5 Å². The summed E-state index contributed by atoms with van der Waals surface area (Å²) in [6, 6.07) is 1.66. The first-order chi connectivity index (χ1) is 18.8. The number of hydrogen-bond acceptors (Lipinski definition) is 7. The second-order valence-corrected chi connectivity index (χ2v) is 14.3. The second kappa shape index (κ2) is 8.87. The van der Waals surface area contributed by atoms with Crippen molar-refractivity contribution in [1.82, 2.24) is 9.55 Å². The number of carbonyl (C=O) groups excluding carboxylic acids is 2. The van der Waals surface area contributed by atoms with Crippen molar-refractivity contribution < 1.29 is 23.8 Å². The highest BCUT2D eigenvalue weighted by Gasteiger charge is 2.56. The van der Waals surface area contributed by atoms with Gasteiger partial charge in [0.05, 0.1) is 17.4 Å². The van der Waals surface area contributed by atoms with Crippen molar-refractivity contribution in [2.45, 2.75) is 89.6 Å². The summed E-state index contributed by atoms with van der Waals surface area (Å²) in [6.07, 6.45) is 13.6. The molecule has 210 valence electrons. The lowest BCUT2D eigenvalue weighted by molar-refractivity contribution is -0.183. The molecular weight excluding hydrogens is 498 g/mol. The summed E-state index contributed by atoms with van der Waals surface area (Å²) >= 11 is 0. The van der Waals surface area contributed by atoms with Crippen LogP contribution in [-0.2, 0) is 23.8 Å². The SMILES string of the molecule is O=C(Nc1ccn(C2COC(COC(=O)C34CC5CC(CC(C5)C3)C4)O2)c(=O)n1)C12CC3CC(CC(C3)C1)C2. The van der Waals surface area contributed by atoms with Crippen LogP contribution in [0.15, 0.2) is 17.1 Å². The van der Waals surface area contributed by atoms with Crippen molar-refractivity contribution >= 4 is 17.7 Å². The van der Waals surface area contributed by atoms with Gasteiger partial charge in [-0.3, -0.25) is 14.2 Å². The highest BCUT2D eigenvalue weighted by molar-refractivity contribution is 5.94. The third kappa shape index (κ3) is 4.17. The van der Waals surface area contributed by atoms with Crippen molar-refractivity contribution in [2.75, 3.05) is 18.5 Å².